The Morgan fingerprint density at radius 3 is 2.74 bits per heavy atom. The molecular formula is C23H21BrClN3O3. The Bertz CT molecular complexity index is 1110. The molecule has 3 rings (SSSR count). The topological polar surface area (TPSA) is 72.8 Å². The number of pyridine rings is 1. The summed E-state index contributed by atoms with van der Waals surface area (Å²) in [5.74, 6) is 0.744. The number of aromatic nitrogens is 1. The van der Waals surface area contributed by atoms with Crippen molar-refractivity contribution in [3.05, 3.63) is 86.6 Å². The minimum atomic E-state index is -0.450. The van der Waals surface area contributed by atoms with Crippen molar-refractivity contribution in [2.24, 2.45) is 5.10 Å². The van der Waals surface area contributed by atoms with Gasteiger partial charge >= 0.3 is 0 Å². The Hall–Kier alpha value is -2.90. The van der Waals surface area contributed by atoms with E-state index in [1.807, 2.05) is 38.1 Å². The number of halogens is 2. The van der Waals surface area contributed by atoms with Crippen LogP contribution in [-0.4, -0.2) is 23.7 Å². The average Bonchev–Trinajstić information content (AvgIpc) is 2.75. The van der Waals surface area contributed by atoms with Crippen LogP contribution in [0, 0.1) is 6.92 Å². The lowest BCUT2D eigenvalue weighted by Crippen LogP contribution is -2.18. The van der Waals surface area contributed by atoms with Crippen LogP contribution in [-0.2, 0) is 6.61 Å². The van der Waals surface area contributed by atoms with Gasteiger partial charge in [-0.2, -0.15) is 5.10 Å². The highest BCUT2D eigenvalue weighted by atomic mass is 79.9. The molecule has 0 spiro atoms. The van der Waals surface area contributed by atoms with E-state index in [1.165, 1.54) is 18.0 Å². The number of benzene rings is 2. The number of rotatable bonds is 8. The lowest BCUT2D eigenvalue weighted by Gasteiger charge is -2.14. The molecule has 0 fully saturated rings. The van der Waals surface area contributed by atoms with Gasteiger partial charge in [0.25, 0.3) is 5.91 Å². The first-order valence-corrected chi connectivity index (χ1v) is 10.7. The second kappa shape index (κ2) is 10.9. The molecule has 0 atom stereocenters. The van der Waals surface area contributed by atoms with Crippen molar-refractivity contribution in [2.75, 3.05) is 6.61 Å². The van der Waals surface area contributed by atoms with Gasteiger partial charge in [0.1, 0.15) is 11.8 Å². The number of nitrogens with one attached hydrogen (secondary N) is 1. The van der Waals surface area contributed by atoms with Gasteiger partial charge in [-0.05, 0) is 59.6 Å². The molecule has 31 heavy (non-hydrogen) atoms. The summed E-state index contributed by atoms with van der Waals surface area (Å²) in [5.41, 5.74) is 5.65. The third-order valence-corrected chi connectivity index (χ3v) is 5.20. The fourth-order valence-electron chi connectivity index (χ4n) is 2.77. The molecule has 1 aromatic heterocycles. The highest BCUT2D eigenvalue weighted by Gasteiger charge is 2.12. The number of carbonyl (C=O) groups is 1. The van der Waals surface area contributed by atoms with Crippen LogP contribution >= 0.6 is 27.5 Å². The predicted octanol–water partition coefficient (Wildman–Crippen LogP) is 5.55. The second-order valence-corrected chi connectivity index (χ2v) is 7.78. The van der Waals surface area contributed by atoms with Crippen molar-refractivity contribution in [2.45, 2.75) is 20.5 Å². The monoisotopic (exact) mass is 501 g/mol. The lowest BCUT2D eigenvalue weighted by molar-refractivity contribution is 0.0955. The SMILES string of the molecule is CCOc1cc(C=NNC(=O)c2cccnc2Cl)c(Br)cc1OCc1cccc(C)c1. The summed E-state index contributed by atoms with van der Waals surface area (Å²) < 4.78 is 12.5. The third-order valence-electron chi connectivity index (χ3n) is 4.21. The highest BCUT2D eigenvalue weighted by molar-refractivity contribution is 9.10. The van der Waals surface area contributed by atoms with Crippen molar-refractivity contribution in [3.63, 3.8) is 0 Å². The maximum absolute atomic E-state index is 12.2. The van der Waals surface area contributed by atoms with E-state index in [-0.39, 0.29) is 10.7 Å². The molecule has 160 valence electrons. The summed E-state index contributed by atoms with van der Waals surface area (Å²) in [5, 5.41) is 4.13. The number of ether oxygens (including phenoxy) is 2. The Morgan fingerprint density at radius 1 is 1.19 bits per heavy atom. The van der Waals surface area contributed by atoms with Crippen molar-refractivity contribution in [1.82, 2.24) is 10.4 Å². The van der Waals surface area contributed by atoms with Crippen LogP contribution in [0.5, 0.6) is 11.5 Å². The fraction of sp³-hybridized carbons (Fsp3) is 0.174. The van der Waals surface area contributed by atoms with Gasteiger partial charge in [-0.25, -0.2) is 10.4 Å². The van der Waals surface area contributed by atoms with Crippen molar-refractivity contribution in [1.29, 1.82) is 0 Å². The second-order valence-electron chi connectivity index (χ2n) is 6.57. The van der Waals surface area contributed by atoms with Crippen LogP contribution in [0.3, 0.4) is 0 Å². The summed E-state index contributed by atoms with van der Waals surface area (Å²) in [4.78, 5) is 16.1. The number of nitrogens with zero attached hydrogens (tertiary/aromatic N) is 2. The maximum atomic E-state index is 12.2. The van der Waals surface area contributed by atoms with Crippen molar-refractivity contribution < 1.29 is 14.3 Å². The molecular weight excluding hydrogens is 482 g/mol. The first kappa shape index (κ1) is 22.8. The van der Waals surface area contributed by atoms with E-state index in [9.17, 15) is 4.79 Å². The summed E-state index contributed by atoms with van der Waals surface area (Å²) in [6, 6.07) is 15.0. The van der Waals surface area contributed by atoms with Gasteiger partial charge < -0.3 is 9.47 Å². The van der Waals surface area contributed by atoms with Gasteiger partial charge in [-0.1, -0.05) is 41.4 Å². The molecule has 0 aliphatic rings. The van der Waals surface area contributed by atoms with E-state index in [4.69, 9.17) is 21.1 Å². The number of hydrogen-bond donors (Lipinski definition) is 1. The lowest BCUT2D eigenvalue weighted by atomic mass is 10.1. The molecule has 8 heteroatoms. The predicted molar refractivity (Wildman–Crippen MR) is 125 cm³/mol. The van der Waals surface area contributed by atoms with Gasteiger partial charge in [0.2, 0.25) is 0 Å². The zero-order valence-electron chi connectivity index (χ0n) is 17.1. The molecule has 0 bridgehead atoms. The van der Waals surface area contributed by atoms with Crippen LogP contribution in [0.4, 0.5) is 0 Å². The molecule has 3 aromatic rings. The molecule has 2 aromatic carbocycles. The quantitative estimate of drug-likeness (QED) is 0.249. The van der Waals surface area contributed by atoms with Crippen molar-refractivity contribution in [3.8, 4) is 11.5 Å². The highest BCUT2D eigenvalue weighted by Crippen LogP contribution is 2.34. The zero-order valence-corrected chi connectivity index (χ0v) is 19.4. The van der Waals surface area contributed by atoms with Crippen LogP contribution in [0.2, 0.25) is 5.15 Å². The standard InChI is InChI=1S/C23H21BrClN3O3/c1-3-30-20-11-17(13-27-28-23(29)18-8-5-9-26-22(18)25)19(24)12-21(20)31-14-16-7-4-6-15(2)10-16/h4-13H,3,14H2,1-2H3,(H,28,29). The molecule has 0 saturated carbocycles. The summed E-state index contributed by atoms with van der Waals surface area (Å²) in [7, 11) is 0. The number of hydrazone groups is 1. The molecule has 0 aliphatic carbocycles. The first-order valence-electron chi connectivity index (χ1n) is 9.56. The normalized spacial score (nSPS) is 10.8. The molecule has 6 nitrogen and oxygen atoms in total. The Morgan fingerprint density at radius 2 is 2.00 bits per heavy atom. The minimum Gasteiger partial charge on any atom is -0.490 e. The van der Waals surface area contributed by atoms with Crippen LogP contribution in [0.25, 0.3) is 0 Å². The number of hydrogen-bond acceptors (Lipinski definition) is 5. The molecule has 0 unspecified atom stereocenters. The van der Waals surface area contributed by atoms with Gasteiger partial charge in [0.15, 0.2) is 11.5 Å². The molecule has 0 aliphatic heterocycles. The number of aryl methyl sites for hydroxylation is 1. The van der Waals surface area contributed by atoms with E-state index >= 15 is 0 Å². The van der Waals surface area contributed by atoms with Gasteiger partial charge in [0.05, 0.1) is 18.4 Å². The van der Waals surface area contributed by atoms with Gasteiger partial charge in [-0.3, -0.25) is 4.79 Å². The van der Waals surface area contributed by atoms with Crippen molar-refractivity contribution >= 4 is 39.7 Å². The molecule has 1 amide bonds. The van der Waals surface area contributed by atoms with Gasteiger partial charge in [-0.15, -0.1) is 0 Å². The van der Waals surface area contributed by atoms with E-state index in [2.05, 4.69) is 37.5 Å². The zero-order chi connectivity index (χ0) is 22.2. The Labute approximate surface area is 194 Å². The summed E-state index contributed by atoms with van der Waals surface area (Å²) >= 11 is 9.46. The van der Waals surface area contributed by atoms with Crippen LogP contribution < -0.4 is 14.9 Å². The smallest absolute Gasteiger partial charge is 0.274 e. The number of amides is 1. The fourth-order valence-corrected chi connectivity index (χ4v) is 3.40. The van der Waals surface area contributed by atoms with E-state index in [0.29, 0.717) is 30.3 Å². The average molecular weight is 503 g/mol. The molecule has 0 saturated heterocycles. The van der Waals surface area contributed by atoms with E-state index < -0.39 is 5.91 Å². The third kappa shape index (κ3) is 6.29. The molecule has 1 N–H and O–H groups in total. The Kier molecular flexibility index (Phi) is 8.03. The first-order chi connectivity index (χ1) is 15.0. The summed E-state index contributed by atoms with van der Waals surface area (Å²) in [6.07, 6.45) is 3.02. The molecule has 1 heterocycles. The number of carbonyl (C=O) groups excluding carboxylic acids is 1. The maximum Gasteiger partial charge on any atom is 0.274 e. The van der Waals surface area contributed by atoms with E-state index in [0.717, 1.165) is 10.0 Å². The molecule has 0 radical (unpaired) electrons. The Balaban J connectivity index is 1.73. The van der Waals surface area contributed by atoms with Crippen LogP contribution in [0.1, 0.15) is 34.0 Å². The van der Waals surface area contributed by atoms with Gasteiger partial charge in [0, 0.05) is 16.2 Å². The van der Waals surface area contributed by atoms with E-state index in [1.54, 1.807) is 18.2 Å². The minimum absolute atomic E-state index is 0.116. The van der Waals surface area contributed by atoms with Crippen LogP contribution in [0.15, 0.2) is 64.3 Å². The summed E-state index contributed by atoms with van der Waals surface area (Å²) in [6.45, 7) is 4.84. The largest absolute Gasteiger partial charge is 0.490 e.